The molecule has 2 aromatic heterocycles. The SMILES string of the molecule is CC1(C)O[C@@H]2[C@H](O1)[C@@H](CO)O[C@H]2n1nc(OC(F)F)c2c(N)ncnc21. The Balaban J connectivity index is 1.80. The van der Waals surface area contributed by atoms with Crippen LogP contribution in [0.4, 0.5) is 14.6 Å². The van der Waals surface area contributed by atoms with Crippen LogP contribution in [-0.2, 0) is 14.2 Å². The molecule has 0 spiro atoms. The van der Waals surface area contributed by atoms with Gasteiger partial charge in [0.05, 0.1) is 6.61 Å². The van der Waals surface area contributed by atoms with Gasteiger partial charge < -0.3 is 29.8 Å². The number of nitrogen functional groups attached to an aromatic ring is 1. The van der Waals surface area contributed by atoms with E-state index >= 15 is 0 Å². The minimum atomic E-state index is -3.10. The van der Waals surface area contributed by atoms with Crippen molar-refractivity contribution in [1.82, 2.24) is 19.7 Å². The van der Waals surface area contributed by atoms with E-state index in [0.717, 1.165) is 0 Å². The van der Waals surface area contributed by atoms with Crippen LogP contribution in [0.1, 0.15) is 20.1 Å². The van der Waals surface area contributed by atoms with Crippen molar-refractivity contribution < 1.29 is 32.8 Å². The van der Waals surface area contributed by atoms with Gasteiger partial charge in [-0.25, -0.2) is 14.6 Å². The zero-order valence-corrected chi connectivity index (χ0v) is 13.9. The predicted octanol–water partition coefficient (Wildman–Crippen LogP) is 0.420. The van der Waals surface area contributed by atoms with Gasteiger partial charge in [-0.2, -0.15) is 8.78 Å². The summed E-state index contributed by atoms with van der Waals surface area (Å²) in [4.78, 5) is 7.85. The molecule has 142 valence electrons. The van der Waals surface area contributed by atoms with Crippen molar-refractivity contribution in [2.24, 2.45) is 0 Å². The molecule has 2 aromatic rings. The molecule has 2 fully saturated rings. The molecule has 0 unspecified atom stereocenters. The molecule has 2 aliphatic heterocycles. The summed E-state index contributed by atoms with van der Waals surface area (Å²) in [5.41, 5.74) is 5.92. The Bertz CT molecular complexity index is 831. The Kier molecular flexibility index (Phi) is 3.95. The first-order chi connectivity index (χ1) is 12.3. The van der Waals surface area contributed by atoms with E-state index < -0.39 is 42.8 Å². The number of nitrogens with zero attached hydrogens (tertiary/aromatic N) is 4. The number of halogens is 2. The zero-order chi connectivity index (χ0) is 18.6. The third-order valence-corrected chi connectivity index (χ3v) is 4.23. The highest BCUT2D eigenvalue weighted by Crippen LogP contribution is 2.44. The standard InChI is InChI=1S/C14H17F2N5O5/c1-14(2)25-7-5(3-22)23-12(8(7)26-14)21-10-6(9(17)18-4-19-10)11(20-21)24-13(15)16/h4-5,7-8,12-13,22H,3H2,1-2H3,(H2,17,18,19)/t5-,7-,8-,12-/m1/s1. The lowest BCUT2D eigenvalue weighted by atomic mass is 10.1. The number of alkyl halides is 2. The van der Waals surface area contributed by atoms with Crippen molar-refractivity contribution in [2.45, 2.75) is 50.8 Å². The van der Waals surface area contributed by atoms with Crippen molar-refractivity contribution in [3.8, 4) is 5.88 Å². The molecule has 0 bridgehead atoms. The molecule has 0 amide bonds. The lowest BCUT2D eigenvalue weighted by molar-refractivity contribution is -0.201. The minimum Gasteiger partial charge on any atom is -0.414 e. The number of hydrogen-bond acceptors (Lipinski definition) is 9. The fourth-order valence-electron chi connectivity index (χ4n) is 3.31. The van der Waals surface area contributed by atoms with Gasteiger partial charge in [0, 0.05) is 0 Å². The van der Waals surface area contributed by atoms with E-state index in [0.29, 0.717) is 0 Å². The first-order valence-electron chi connectivity index (χ1n) is 7.86. The highest BCUT2D eigenvalue weighted by atomic mass is 19.3. The zero-order valence-electron chi connectivity index (χ0n) is 13.9. The number of ether oxygens (including phenoxy) is 4. The Morgan fingerprint density at radius 2 is 2.08 bits per heavy atom. The summed E-state index contributed by atoms with van der Waals surface area (Å²) in [7, 11) is 0. The van der Waals surface area contributed by atoms with E-state index in [1.54, 1.807) is 13.8 Å². The second-order valence-electron chi connectivity index (χ2n) is 6.40. The number of aromatic nitrogens is 4. The second-order valence-corrected chi connectivity index (χ2v) is 6.40. The van der Waals surface area contributed by atoms with Crippen LogP contribution in [0, 0.1) is 0 Å². The predicted molar refractivity (Wildman–Crippen MR) is 81.2 cm³/mol. The summed E-state index contributed by atoms with van der Waals surface area (Å²) in [6.45, 7) is 0.0366. The van der Waals surface area contributed by atoms with Crippen LogP contribution in [0.3, 0.4) is 0 Å². The van der Waals surface area contributed by atoms with E-state index in [4.69, 9.17) is 19.9 Å². The van der Waals surface area contributed by atoms with Crippen molar-refractivity contribution in [2.75, 3.05) is 12.3 Å². The maximum absolute atomic E-state index is 12.7. The highest BCUT2D eigenvalue weighted by Gasteiger charge is 2.56. The monoisotopic (exact) mass is 373 g/mol. The molecule has 0 aromatic carbocycles. The van der Waals surface area contributed by atoms with Crippen LogP contribution >= 0.6 is 0 Å². The van der Waals surface area contributed by atoms with Crippen molar-refractivity contribution in [3.63, 3.8) is 0 Å². The first-order valence-corrected chi connectivity index (χ1v) is 7.86. The number of fused-ring (bicyclic) bond motifs is 2. The van der Waals surface area contributed by atoms with Crippen molar-refractivity contribution in [1.29, 1.82) is 0 Å². The van der Waals surface area contributed by atoms with Gasteiger partial charge in [-0.1, -0.05) is 0 Å². The summed E-state index contributed by atoms with van der Waals surface area (Å²) in [6, 6.07) is 0. The Morgan fingerprint density at radius 1 is 1.35 bits per heavy atom. The number of nitrogens with two attached hydrogens (primary N) is 1. The third kappa shape index (κ3) is 2.65. The maximum atomic E-state index is 12.7. The molecule has 0 radical (unpaired) electrons. The Hall–Kier alpha value is -2.15. The molecule has 4 heterocycles. The second kappa shape index (κ2) is 5.94. The molecule has 12 heteroatoms. The molecule has 3 N–H and O–H groups in total. The largest absolute Gasteiger partial charge is 0.414 e. The summed E-state index contributed by atoms with van der Waals surface area (Å²) in [6.07, 6.45) is -1.58. The molecule has 4 rings (SSSR count). The number of anilines is 1. The fraction of sp³-hybridized carbons (Fsp3) is 0.643. The normalized spacial score (nSPS) is 30.2. The van der Waals surface area contributed by atoms with Crippen LogP contribution in [0.25, 0.3) is 11.0 Å². The topological polar surface area (TPSA) is 127 Å². The van der Waals surface area contributed by atoms with Crippen LogP contribution < -0.4 is 10.5 Å². The van der Waals surface area contributed by atoms with E-state index in [1.165, 1.54) is 11.0 Å². The van der Waals surface area contributed by atoms with Gasteiger partial charge in [0.1, 0.15) is 35.8 Å². The van der Waals surface area contributed by atoms with Crippen LogP contribution in [0.15, 0.2) is 6.33 Å². The average Bonchev–Trinajstić information content (AvgIpc) is 3.16. The number of aliphatic hydroxyl groups is 1. The van der Waals surface area contributed by atoms with Crippen LogP contribution in [-0.4, -0.2) is 62.2 Å². The molecule has 4 atom stereocenters. The Morgan fingerprint density at radius 3 is 2.77 bits per heavy atom. The van der Waals surface area contributed by atoms with E-state index in [1.807, 2.05) is 0 Å². The number of hydrogen-bond donors (Lipinski definition) is 2. The van der Waals surface area contributed by atoms with E-state index in [9.17, 15) is 13.9 Å². The number of rotatable bonds is 4. The number of aliphatic hydroxyl groups excluding tert-OH is 1. The van der Waals surface area contributed by atoms with Gasteiger partial charge in [0.2, 0.25) is 0 Å². The summed E-state index contributed by atoms with van der Waals surface area (Å²) < 4.78 is 48.6. The van der Waals surface area contributed by atoms with Gasteiger partial charge in [0.15, 0.2) is 17.7 Å². The molecule has 10 nitrogen and oxygen atoms in total. The van der Waals surface area contributed by atoms with Crippen molar-refractivity contribution >= 4 is 16.9 Å². The summed E-state index contributed by atoms with van der Waals surface area (Å²) in [5.74, 6) is -1.38. The minimum absolute atomic E-state index is 0.0403. The van der Waals surface area contributed by atoms with Gasteiger partial charge in [-0.05, 0) is 13.8 Å². The summed E-state index contributed by atoms with van der Waals surface area (Å²) >= 11 is 0. The van der Waals surface area contributed by atoms with Crippen LogP contribution in [0.2, 0.25) is 0 Å². The third-order valence-electron chi connectivity index (χ3n) is 4.23. The molecule has 0 aliphatic carbocycles. The van der Waals surface area contributed by atoms with Crippen molar-refractivity contribution in [3.05, 3.63) is 6.33 Å². The molecule has 0 saturated carbocycles. The highest BCUT2D eigenvalue weighted by molar-refractivity contribution is 5.90. The first kappa shape index (κ1) is 17.3. The average molecular weight is 373 g/mol. The Labute approximate surface area is 145 Å². The molecule has 26 heavy (non-hydrogen) atoms. The smallest absolute Gasteiger partial charge is 0.388 e. The fourth-order valence-corrected chi connectivity index (χ4v) is 3.31. The van der Waals surface area contributed by atoms with Gasteiger partial charge in [0.25, 0.3) is 5.88 Å². The van der Waals surface area contributed by atoms with Gasteiger partial charge in [-0.15, -0.1) is 5.10 Å². The maximum Gasteiger partial charge on any atom is 0.388 e. The van der Waals surface area contributed by atoms with Crippen LogP contribution in [0.5, 0.6) is 5.88 Å². The van der Waals surface area contributed by atoms with Gasteiger partial charge >= 0.3 is 6.61 Å². The lowest BCUT2D eigenvalue weighted by Gasteiger charge is -2.23. The molecule has 2 aliphatic rings. The van der Waals surface area contributed by atoms with E-state index in [2.05, 4.69) is 19.8 Å². The molecule has 2 saturated heterocycles. The van der Waals surface area contributed by atoms with E-state index in [-0.39, 0.29) is 23.5 Å². The molecular weight excluding hydrogens is 356 g/mol. The lowest BCUT2D eigenvalue weighted by Crippen LogP contribution is -2.31. The quantitative estimate of drug-likeness (QED) is 0.784. The molecular formula is C14H17F2N5O5. The van der Waals surface area contributed by atoms with Gasteiger partial charge in [-0.3, -0.25) is 0 Å². The summed E-state index contributed by atoms with van der Waals surface area (Å²) in [5, 5.41) is 13.6.